The van der Waals surface area contributed by atoms with Crippen molar-refractivity contribution in [3.8, 4) is 22.0 Å². The van der Waals surface area contributed by atoms with Crippen molar-refractivity contribution in [1.29, 1.82) is 0 Å². The second-order valence-corrected chi connectivity index (χ2v) is 9.52. The summed E-state index contributed by atoms with van der Waals surface area (Å²) in [5.74, 6) is -0.382. The van der Waals surface area contributed by atoms with Gasteiger partial charge in [0.1, 0.15) is 5.01 Å². The second-order valence-electron chi connectivity index (χ2n) is 8.66. The number of nitrogens with two attached hydrogens (primary N) is 1. The Morgan fingerprint density at radius 3 is 2.39 bits per heavy atom. The van der Waals surface area contributed by atoms with Crippen LogP contribution in [-0.4, -0.2) is 33.4 Å². The molecular weight excluding hydrogens is 428 g/mol. The Balaban J connectivity index is 1.41. The molecule has 0 aliphatic carbocycles. The lowest BCUT2D eigenvalue weighted by Crippen LogP contribution is -2.34. The SMILES string of the molecule is Cc1c(C(N)=O)cc(-c2csc(-c3ccccc3)n2)n1C1CCN(Cc2ccccc2)CC1. The van der Waals surface area contributed by atoms with Gasteiger partial charge in [-0.25, -0.2) is 4.98 Å². The summed E-state index contributed by atoms with van der Waals surface area (Å²) in [7, 11) is 0. The minimum atomic E-state index is -0.382. The van der Waals surface area contributed by atoms with E-state index in [4.69, 9.17) is 10.7 Å². The highest BCUT2D eigenvalue weighted by Crippen LogP contribution is 2.36. The summed E-state index contributed by atoms with van der Waals surface area (Å²) in [5, 5.41) is 3.07. The number of aromatic nitrogens is 2. The molecule has 0 unspecified atom stereocenters. The van der Waals surface area contributed by atoms with Crippen LogP contribution in [0.5, 0.6) is 0 Å². The van der Waals surface area contributed by atoms with Crippen molar-refractivity contribution < 1.29 is 4.79 Å². The summed E-state index contributed by atoms with van der Waals surface area (Å²) in [6.45, 7) is 5.03. The van der Waals surface area contributed by atoms with Crippen LogP contribution in [0.15, 0.2) is 72.1 Å². The molecule has 0 bridgehead atoms. The number of amides is 1. The van der Waals surface area contributed by atoms with Crippen molar-refractivity contribution in [3.05, 3.63) is 88.9 Å². The number of benzene rings is 2. The molecule has 0 spiro atoms. The van der Waals surface area contributed by atoms with Crippen molar-refractivity contribution in [2.45, 2.75) is 32.4 Å². The fourth-order valence-corrected chi connectivity index (χ4v) is 5.64. The van der Waals surface area contributed by atoms with Crippen molar-refractivity contribution in [2.75, 3.05) is 13.1 Å². The average Bonchev–Trinajstić information content (AvgIpc) is 3.46. The predicted molar refractivity (Wildman–Crippen MR) is 134 cm³/mol. The zero-order chi connectivity index (χ0) is 22.8. The van der Waals surface area contributed by atoms with Crippen LogP contribution in [0, 0.1) is 6.92 Å². The van der Waals surface area contributed by atoms with Gasteiger partial charge >= 0.3 is 0 Å². The maximum atomic E-state index is 12.2. The second kappa shape index (κ2) is 9.33. The Morgan fingerprint density at radius 2 is 1.73 bits per heavy atom. The number of piperidine rings is 1. The average molecular weight is 457 g/mol. The monoisotopic (exact) mass is 456 g/mol. The van der Waals surface area contributed by atoms with Gasteiger partial charge in [0.05, 0.1) is 17.0 Å². The molecule has 1 amide bonds. The molecule has 4 aromatic rings. The maximum absolute atomic E-state index is 12.2. The van der Waals surface area contributed by atoms with Crippen LogP contribution in [0.4, 0.5) is 0 Å². The smallest absolute Gasteiger partial charge is 0.250 e. The van der Waals surface area contributed by atoms with Gasteiger partial charge in [0, 0.05) is 42.3 Å². The Kier molecular flexibility index (Phi) is 6.11. The van der Waals surface area contributed by atoms with E-state index < -0.39 is 0 Å². The number of rotatable bonds is 6. The molecule has 6 heteroatoms. The number of carbonyl (C=O) groups is 1. The van der Waals surface area contributed by atoms with Crippen molar-refractivity contribution >= 4 is 17.2 Å². The van der Waals surface area contributed by atoms with Gasteiger partial charge in [0.2, 0.25) is 0 Å². The summed E-state index contributed by atoms with van der Waals surface area (Å²) >= 11 is 1.63. The van der Waals surface area contributed by atoms with Crippen LogP contribution >= 0.6 is 11.3 Å². The number of hydrogen-bond donors (Lipinski definition) is 1. The van der Waals surface area contributed by atoms with E-state index in [1.807, 2.05) is 31.2 Å². The molecule has 0 radical (unpaired) electrons. The molecule has 0 saturated carbocycles. The van der Waals surface area contributed by atoms with E-state index in [-0.39, 0.29) is 5.91 Å². The fourth-order valence-electron chi connectivity index (χ4n) is 4.82. The number of nitrogens with zero attached hydrogens (tertiary/aromatic N) is 3. The highest BCUT2D eigenvalue weighted by Gasteiger charge is 2.27. The molecule has 1 aliphatic rings. The van der Waals surface area contributed by atoms with Crippen LogP contribution in [0.1, 0.15) is 40.5 Å². The standard InChI is InChI=1S/C27H28N4OS/c1-19-23(26(28)32)16-25(24-18-33-27(29-24)21-10-6-3-7-11-21)31(19)22-12-14-30(15-13-22)17-20-8-4-2-5-9-20/h2-11,16,18,22H,12-15,17H2,1H3,(H2,28,32). The highest BCUT2D eigenvalue weighted by atomic mass is 32.1. The Hall–Kier alpha value is -3.22. The number of primary amides is 1. The molecule has 2 aromatic heterocycles. The van der Waals surface area contributed by atoms with E-state index in [0.717, 1.165) is 60.1 Å². The first-order chi connectivity index (χ1) is 16.1. The van der Waals surface area contributed by atoms with Gasteiger partial charge in [-0.1, -0.05) is 60.7 Å². The summed E-state index contributed by atoms with van der Waals surface area (Å²) in [4.78, 5) is 19.6. The normalized spacial score (nSPS) is 15.1. The van der Waals surface area contributed by atoms with Gasteiger partial charge in [0.25, 0.3) is 5.91 Å². The van der Waals surface area contributed by atoms with E-state index in [0.29, 0.717) is 11.6 Å². The van der Waals surface area contributed by atoms with Crippen molar-refractivity contribution in [1.82, 2.24) is 14.5 Å². The third kappa shape index (κ3) is 4.49. The van der Waals surface area contributed by atoms with Crippen molar-refractivity contribution in [2.24, 2.45) is 5.73 Å². The molecule has 5 nitrogen and oxygen atoms in total. The van der Waals surface area contributed by atoms with Crippen LogP contribution in [0.25, 0.3) is 22.0 Å². The van der Waals surface area contributed by atoms with Crippen LogP contribution < -0.4 is 5.73 Å². The molecule has 2 N–H and O–H groups in total. The first kappa shape index (κ1) is 21.6. The Morgan fingerprint density at radius 1 is 1.06 bits per heavy atom. The molecule has 168 valence electrons. The number of hydrogen-bond acceptors (Lipinski definition) is 4. The fraction of sp³-hybridized carbons (Fsp3) is 0.259. The predicted octanol–water partition coefficient (Wildman–Crippen LogP) is 5.52. The lowest BCUT2D eigenvalue weighted by Gasteiger charge is -2.34. The topological polar surface area (TPSA) is 64.2 Å². The van der Waals surface area contributed by atoms with Gasteiger partial charge in [-0.2, -0.15) is 0 Å². The first-order valence-corrected chi connectivity index (χ1v) is 12.3. The van der Waals surface area contributed by atoms with E-state index in [1.165, 1.54) is 5.56 Å². The molecule has 0 atom stereocenters. The lowest BCUT2D eigenvalue weighted by atomic mass is 10.0. The van der Waals surface area contributed by atoms with Gasteiger partial charge in [-0.3, -0.25) is 9.69 Å². The lowest BCUT2D eigenvalue weighted by molar-refractivity contribution is 0.0999. The van der Waals surface area contributed by atoms with Gasteiger partial charge in [-0.05, 0) is 31.4 Å². The number of thiazole rings is 1. The van der Waals surface area contributed by atoms with Crippen LogP contribution in [0.2, 0.25) is 0 Å². The summed E-state index contributed by atoms with van der Waals surface area (Å²) in [6.07, 6.45) is 2.06. The van der Waals surface area contributed by atoms with Crippen LogP contribution in [0.3, 0.4) is 0 Å². The third-order valence-corrected chi connectivity index (χ3v) is 7.41. The molecule has 5 rings (SSSR count). The molecular formula is C27H28N4OS. The zero-order valence-electron chi connectivity index (χ0n) is 18.8. The van der Waals surface area contributed by atoms with E-state index >= 15 is 0 Å². The minimum absolute atomic E-state index is 0.321. The largest absolute Gasteiger partial charge is 0.366 e. The first-order valence-electron chi connectivity index (χ1n) is 11.4. The third-order valence-electron chi connectivity index (χ3n) is 6.52. The molecule has 1 aliphatic heterocycles. The summed E-state index contributed by atoms with van der Waals surface area (Å²) in [5.41, 5.74) is 11.6. The van der Waals surface area contributed by atoms with Crippen molar-refractivity contribution in [3.63, 3.8) is 0 Å². The van der Waals surface area contributed by atoms with Gasteiger partial charge in [-0.15, -0.1) is 11.3 Å². The zero-order valence-corrected chi connectivity index (χ0v) is 19.6. The minimum Gasteiger partial charge on any atom is -0.366 e. The Bertz CT molecular complexity index is 1240. The number of carbonyl (C=O) groups excluding carboxylic acids is 1. The van der Waals surface area contributed by atoms with Crippen LogP contribution in [-0.2, 0) is 6.54 Å². The molecule has 3 heterocycles. The van der Waals surface area contributed by atoms with Gasteiger partial charge < -0.3 is 10.3 Å². The maximum Gasteiger partial charge on any atom is 0.250 e. The highest BCUT2D eigenvalue weighted by molar-refractivity contribution is 7.13. The number of likely N-dealkylation sites (tertiary alicyclic amines) is 1. The van der Waals surface area contributed by atoms with E-state index in [1.54, 1.807) is 11.3 Å². The van der Waals surface area contributed by atoms with E-state index in [9.17, 15) is 4.79 Å². The molecule has 1 fully saturated rings. The molecule has 2 aromatic carbocycles. The molecule has 1 saturated heterocycles. The molecule has 33 heavy (non-hydrogen) atoms. The summed E-state index contributed by atoms with van der Waals surface area (Å²) in [6, 6.07) is 23.1. The quantitative estimate of drug-likeness (QED) is 0.415. The van der Waals surface area contributed by atoms with Gasteiger partial charge in [0.15, 0.2) is 0 Å². The van der Waals surface area contributed by atoms with E-state index in [2.05, 4.69) is 57.3 Å². The summed E-state index contributed by atoms with van der Waals surface area (Å²) < 4.78 is 2.31. The Labute approximate surface area is 198 Å².